The van der Waals surface area contributed by atoms with E-state index >= 15 is 0 Å². The maximum absolute atomic E-state index is 12.9. The predicted octanol–water partition coefficient (Wildman–Crippen LogP) is 2.94. The average molecular weight is 440 g/mol. The van der Waals surface area contributed by atoms with Gasteiger partial charge in [0.2, 0.25) is 0 Å². The highest BCUT2D eigenvalue weighted by Crippen LogP contribution is 2.27. The first-order valence-electron chi connectivity index (χ1n) is 9.60. The summed E-state index contributed by atoms with van der Waals surface area (Å²) in [5, 5.41) is 0.768. The Hall–Kier alpha value is -3.52. The topological polar surface area (TPSA) is 109 Å². The number of amides is 2. The van der Waals surface area contributed by atoms with Gasteiger partial charge in [0, 0.05) is 5.02 Å². The maximum atomic E-state index is 12.9. The van der Waals surface area contributed by atoms with E-state index in [0.717, 1.165) is 4.90 Å². The zero-order chi connectivity index (χ0) is 22.3. The summed E-state index contributed by atoms with van der Waals surface area (Å²) >= 11 is 5.96. The lowest BCUT2D eigenvalue weighted by atomic mass is 10.0. The molecule has 3 aromatic rings. The van der Waals surface area contributed by atoms with Crippen LogP contribution in [0.4, 0.5) is 0 Å². The van der Waals surface area contributed by atoms with Crippen molar-refractivity contribution >= 4 is 40.3 Å². The largest absolute Gasteiger partial charge is 0.456 e. The normalized spacial score (nSPS) is 14.3. The van der Waals surface area contributed by atoms with Gasteiger partial charge in [-0.1, -0.05) is 37.6 Å². The van der Waals surface area contributed by atoms with Crippen LogP contribution in [-0.4, -0.2) is 38.7 Å². The van der Waals surface area contributed by atoms with Gasteiger partial charge in [-0.3, -0.25) is 19.3 Å². The van der Waals surface area contributed by atoms with Gasteiger partial charge in [0.05, 0.1) is 22.0 Å². The van der Waals surface area contributed by atoms with Crippen molar-refractivity contribution in [3.05, 3.63) is 74.8 Å². The van der Waals surface area contributed by atoms with Crippen LogP contribution in [0, 0.1) is 5.92 Å². The van der Waals surface area contributed by atoms with E-state index in [2.05, 4.69) is 9.97 Å². The Labute approximate surface area is 181 Å². The molecule has 158 valence electrons. The molecule has 2 aromatic carbocycles. The number of H-pyrrole nitrogens is 1. The molecule has 2 heterocycles. The van der Waals surface area contributed by atoms with Crippen LogP contribution in [0.3, 0.4) is 0 Å². The van der Waals surface area contributed by atoms with Crippen molar-refractivity contribution in [3.8, 4) is 0 Å². The number of hydrogen-bond acceptors (Lipinski definition) is 6. The number of aromatic amines is 1. The van der Waals surface area contributed by atoms with Gasteiger partial charge in [0.25, 0.3) is 17.4 Å². The summed E-state index contributed by atoms with van der Waals surface area (Å²) in [6.07, 6.45) is 0. The van der Waals surface area contributed by atoms with Crippen LogP contribution in [0.25, 0.3) is 10.9 Å². The molecule has 1 N–H and O–H groups in total. The molecule has 0 aliphatic carbocycles. The highest BCUT2D eigenvalue weighted by atomic mass is 35.5. The van der Waals surface area contributed by atoms with Crippen molar-refractivity contribution in [3.63, 3.8) is 0 Å². The number of hydrogen-bond donors (Lipinski definition) is 1. The summed E-state index contributed by atoms with van der Waals surface area (Å²) in [7, 11) is 0. The lowest BCUT2D eigenvalue weighted by Gasteiger charge is -2.27. The average Bonchev–Trinajstić information content (AvgIpc) is 2.97. The molecule has 1 aromatic heterocycles. The third-order valence-electron chi connectivity index (χ3n) is 5.05. The summed E-state index contributed by atoms with van der Waals surface area (Å²) in [4.78, 5) is 58.4. The molecule has 1 atom stereocenters. The predicted molar refractivity (Wildman–Crippen MR) is 113 cm³/mol. The van der Waals surface area contributed by atoms with E-state index in [1.165, 1.54) is 6.07 Å². The number of esters is 1. The second-order valence-corrected chi connectivity index (χ2v) is 7.93. The van der Waals surface area contributed by atoms with Gasteiger partial charge in [-0.2, -0.15) is 0 Å². The van der Waals surface area contributed by atoms with E-state index in [0.29, 0.717) is 15.9 Å². The molecule has 0 spiro atoms. The molecule has 0 radical (unpaired) electrons. The minimum atomic E-state index is -1.12. The number of carbonyl (C=O) groups is 3. The Morgan fingerprint density at radius 1 is 1.10 bits per heavy atom. The fourth-order valence-electron chi connectivity index (χ4n) is 3.59. The highest BCUT2D eigenvalue weighted by molar-refractivity contribution is 6.31. The third kappa shape index (κ3) is 3.70. The van der Waals surface area contributed by atoms with Crippen molar-refractivity contribution in [2.24, 2.45) is 5.92 Å². The Morgan fingerprint density at radius 3 is 2.35 bits per heavy atom. The number of halogens is 1. The smallest absolute Gasteiger partial charge is 0.330 e. The first-order valence-corrected chi connectivity index (χ1v) is 9.97. The lowest BCUT2D eigenvalue weighted by molar-refractivity contribution is -0.151. The molecule has 31 heavy (non-hydrogen) atoms. The van der Waals surface area contributed by atoms with Crippen LogP contribution >= 0.6 is 11.6 Å². The van der Waals surface area contributed by atoms with Gasteiger partial charge < -0.3 is 9.72 Å². The monoisotopic (exact) mass is 439 g/mol. The fourth-order valence-corrected chi connectivity index (χ4v) is 3.76. The Balaban J connectivity index is 1.57. The fraction of sp³-hybridized carbons (Fsp3) is 0.227. The second kappa shape index (κ2) is 7.96. The van der Waals surface area contributed by atoms with Gasteiger partial charge in [0.15, 0.2) is 0 Å². The second-order valence-electron chi connectivity index (χ2n) is 7.50. The number of benzene rings is 2. The van der Waals surface area contributed by atoms with Crippen LogP contribution in [0.1, 0.15) is 40.4 Å². The summed E-state index contributed by atoms with van der Waals surface area (Å²) in [6.45, 7) is 3.10. The van der Waals surface area contributed by atoms with E-state index in [4.69, 9.17) is 16.3 Å². The number of nitrogens with one attached hydrogen (secondary N) is 1. The van der Waals surface area contributed by atoms with Crippen LogP contribution in [-0.2, 0) is 16.1 Å². The molecule has 1 aliphatic rings. The molecule has 0 saturated carbocycles. The maximum Gasteiger partial charge on any atom is 0.330 e. The van der Waals surface area contributed by atoms with Gasteiger partial charge >= 0.3 is 5.97 Å². The van der Waals surface area contributed by atoms with Crippen LogP contribution < -0.4 is 5.56 Å². The summed E-state index contributed by atoms with van der Waals surface area (Å²) in [6, 6.07) is 9.96. The number of nitrogens with zero attached hydrogens (tertiary/aromatic N) is 2. The molecular formula is C22H18ClN3O5. The van der Waals surface area contributed by atoms with E-state index < -0.39 is 35.3 Å². The molecule has 9 heteroatoms. The summed E-state index contributed by atoms with van der Waals surface area (Å²) < 4.78 is 5.34. The zero-order valence-electron chi connectivity index (χ0n) is 16.7. The number of aromatic nitrogens is 2. The summed E-state index contributed by atoms with van der Waals surface area (Å²) in [5.41, 5.74) is 0.475. The number of rotatable bonds is 5. The first kappa shape index (κ1) is 20.7. The number of carbonyl (C=O) groups excluding carboxylic acids is 3. The Kier molecular flexibility index (Phi) is 5.32. The molecule has 2 amide bonds. The van der Waals surface area contributed by atoms with Crippen molar-refractivity contribution in [1.82, 2.24) is 14.9 Å². The minimum Gasteiger partial charge on any atom is -0.456 e. The van der Waals surface area contributed by atoms with Crippen LogP contribution in [0.5, 0.6) is 0 Å². The molecule has 1 aliphatic heterocycles. The third-order valence-corrected chi connectivity index (χ3v) is 5.28. The number of ether oxygens (including phenoxy) is 1. The Bertz CT molecular complexity index is 1250. The zero-order valence-corrected chi connectivity index (χ0v) is 17.5. The van der Waals surface area contributed by atoms with Crippen molar-refractivity contribution in [2.45, 2.75) is 26.5 Å². The lowest BCUT2D eigenvalue weighted by Crippen LogP contribution is -2.48. The SMILES string of the molecule is CC(C)[C@@H](C(=O)OCc1nc2cc(Cl)ccc2c(=O)[nH]1)N1C(=O)c2ccccc2C1=O. The number of imide groups is 1. The Morgan fingerprint density at radius 2 is 1.74 bits per heavy atom. The van der Waals surface area contributed by atoms with Crippen molar-refractivity contribution in [2.75, 3.05) is 0 Å². The highest BCUT2D eigenvalue weighted by Gasteiger charge is 2.44. The van der Waals surface area contributed by atoms with E-state index in [-0.39, 0.29) is 23.6 Å². The van der Waals surface area contributed by atoms with E-state index in [1.807, 2.05) is 0 Å². The van der Waals surface area contributed by atoms with Gasteiger partial charge in [-0.25, -0.2) is 9.78 Å². The molecule has 0 fully saturated rings. The van der Waals surface area contributed by atoms with Crippen molar-refractivity contribution < 1.29 is 19.1 Å². The van der Waals surface area contributed by atoms with Gasteiger partial charge in [0.1, 0.15) is 18.5 Å². The van der Waals surface area contributed by atoms with Gasteiger partial charge in [-0.15, -0.1) is 0 Å². The molecule has 0 unspecified atom stereocenters. The first-order chi connectivity index (χ1) is 14.8. The molecule has 4 rings (SSSR count). The van der Waals surface area contributed by atoms with Gasteiger partial charge in [-0.05, 0) is 36.2 Å². The van der Waals surface area contributed by atoms with Crippen LogP contribution in [0.2, 0.25) is 5.02 Å². The summed E-state index contributed by atoms with van der Waals surface area (Å²) in [5.74, 6) is -2.11. The molecule has 0 bridgehead atoms. The molecular weight excluding hydrogens is 422 g/mol. The quantitative estimate of drug-likeness (QED) is 0.483. The van der Waals surface area contributed by atoms with Crippen molar-refractivity contribution in [1.29, 1.82) is 0 Å². The van der Waals surface area contributed by atoms with E-state index in [1.54, 1.807) is 50.2 Å². The number of fused-ring (bicyclic) bond motifs is 2. The van der Waals surface area contributed by atoms with E-state index in [9.17, 15) is 19.2 Å². The van der Waals surface area contributed by atoms with Crippen LogP contribution in [0.15, 0.2) is 47.3 Å². The minimum absolute atomic E-state index is 0.123. The molecule has 0 saturated heterocycles. The standard InChI is InChI=1S/C22H18ClN3O5/c1-11(2)18(26-20(28)13-5-3-4-6-14(13)21(26)29)22(30)31-10-17-24-16-9-12(23)7-8-15(16)19(27)25-17/h3-9,11,18H,10H2,1-2H3,(H,24,25,27)/t18-/m0/s1. The molecule has 8 nitrogen and oxygen atoms in total.